The van der Waals surface area contributed by atoms with Crippen molar-refractivity contribution in [1.82, 2.24) is 0 Å². The fourth-order valence-electron chi connectivity index (χ4n) is 1.76. The Bertz CT molecular complexity index is 487. The van der Waals surface area contributed by atoms with E-state index in [1.165, 1.54) is 12.8 Å². The third-order valence-corrected chi connectivity index (χ3v) is 5.03. The zero-order valence-corrected chi connectivity index (χ0v) is 12.9. The Balaban J connectivity index is 0.000000148. The predicted octanol–water partition coefficient (Wildman–Crippen LogP) is 4.98. The summed E-state index contributed by atoms with van der Waals surface area (Å²) in [6, 6.07) is 9.19. The second-order valence-electron chi connectivity index (χ2n) is 4.16. The molecule has 0 radical (unpaired) electrons. The average molecular weight is 307 g/mol. The number of hydrogen-bond acceptors (Lipinski definition) is 1. The van der Waals surface area contributed by atoms with Crippen LogP contribution in [0.15, 0.2) is 74.5 Å². The summed E-state index contributed by atoms with van der Waals surface area (Å²) in [5.74, 6) is 0.675. The topological polar surface area (TPSA) is 9.23 Å². The van der Waals surface area contributed by atoms with E-state index in [2.05, 4.69) is 40.7 Å². The van der Waals surface area contributed by atoms with E-state index in [0.717, 1.165) is 0 Å². The quantitative estimate of drug-likeness (QED) is 0.716. The van der Waals surface area contributed by atoms with Gasteiger partial charge in [-0.15, -0.1) is 0 Å². The number of allylic oxidation sites excluding steroid dienone is 8. The van der Waals surface area contributed by atoms with Crippen LogP contribution >= 0.6 is 11.9 Å². The van der Waals surface area contributed by atoms with Gasteiger partial charge in [-0.2, -0.15) is 0 Å². The first-order chi connectivity index (χ1) is 9.38. The normalized spacial score (nSPS) is 15.4. The molecule has 0 fully saturated rings. The van der Waals surface area contributed by atoms with Crippen LogP contribution in [0.1, 0.15) is 12.8 Å². The summed E-state index contributed by atoms with van der Waals surface area (Å²) in [5.41, 5.74) is 0. The average Bonchev–Trinajstić information content (AvgIpc) is 3.15. The summed E-state index contributed by atoms with van der Waals surface area (Å²) in [6.07, 6.45) is 15.9. The van der Waals surface area contributed by atoms with Gasteiger partial charge < -0.3 is 4.29 Å². The first kappa shape index (κ1) is 14.4. The van der Waals surface area contributed by atoms with Crippen LogP contribution in [0.2, 0.25) is 0 Å². The maximum atomic E-state index is 5.03. The summed E-state index contributed by atoms with van der Waals surface area (Å²) >= 11 is 5.11. The van der Waals surface area contributed by atoms with Crippen LogP contribution in [0.4, 0.5) is 0 Å². The Hall–Kier alpha value is -1.02. The molecule has 0 saturated carbocycles. The molecule has 1 aromatic carbocycles. The van der Waals surface area contributed by atoms with Crippen LogP contribution in [0.25, 0.3) is 0 Å². The molecule has 1 nitrogen and oxygen atoms in total. The van der Waals surface area contributed by atoms with E-state index in [1.807, 2.05) is 18.2 Å². The molecule has 0 N–H and O–H groups in total. The Morgan fingerprint density at radius 3 is 1.84 bits per heavy atom. The van der Waals surface area contributed by atoms with Crippen molar-refractivity contribution in [3.63, 3.8) is 0 Å². The van der Waals surface area contributed by atoms with E-state index >= 15 is 0 Å². The van der Waals surface area contributed by atoms with E-state index in [-0.39, 0.29) is 19.2 Å². The van der Waals surface area contributed by atoms with Gasteiger partial charge in [-0.3, -0.25) is 0 Å². The standard InChI is InChI=1S/C6H5ClO.2C5H5.Ti/c7-8-6-4-2-1-3-5-6;2*1-2-4-5-3-1;/h1-5H;2*1-3H,4H2;. The summed E-state index contributed by atoms with van der Waals surface area (Å²) in [5, 5.41) is 0. The van der Waals surface area contributed by atoms with Gasteiger partial charge in [0.15, 0.2) is 0 Å². The van der Waals surface area contributed by atoms with E-state index in [0.29, 0.717) is 5.75 Å². The second-order valence-corrected chi connectivity index (χ2v) is 6.71. The van der Waals surface area contributed by atoms with Crippen LogP contribution in [-0.2, 0) is 19.2 Å². The number of rotatable bonds is 3. The van der Waals surface area contributed by atoms with Crippen molar-refractivity contribution in [2.45, 2.75) is 12.8 Å². The number of benzene rings is 1. The molecular formula is C16H15ClOTi. The van der Waals surface area contributed by atoms with Gasteiger partial charge in [-0.05, 0) is 12.1 Å². The minimum Gasteiger partial charge on any atom is -0.386 e. The molecule has 1 aromatic rings. The molecule has 0 aromatic heterocycles. The molecule has 0 atom stereocenters. The second kappa shape index (κ2) is 8.21. The van der Waals surface area contributed by atoms with Crippen molar-refractivity contribution in [1.29, 1.82) is 0 Å². The van der Waals surface area contributed by atoms with E-state index in [9.17, 15) is 0 Å². The number of hydrogen-bond donors (Lipinski definition) is 0. The molecular weight excluding hydrogens is 291 g/mol. The predicted molar refractivity (Wildman–Crippen MR) is 76.6 cm³/mol. The Morgan fingerprint density at radius 2 is 1.47 bits per heavy atom. The summed E-state index contributed by atoms with van der Waals surface area (Å²) < 4.78 is 7.75. The van der Waals surface area contributed by atoms with Gasteiger partial charge in [0.05, 0.1) is 0 Å². The van der Waals surface area contributed by atoms with Gasteiger partial charge in [0.25, 0.3) is 0 Å². The minimum atomic E-state index is 0.0833. The Labute approximate surface area is 128 Å². The van der Waals surface area contributed by atoms with Crippen LogP contribution in [-0.4, -0.2) is 0 Å². The first-order valence-electron chi connectivity index (χ1n) is 6.20. The molecule has 0 unspecified atom stereocenters. The molecule has 19 heavy (non-hydrogen) atoms. The Morgan fingerprint density at radius 1 is 0.895 bits per heavy atom. The monoisotopic (exact) mass is 306 g/mol. The van der Waals surface area contributed by atoms with Crippen molar-refractivity contribution in [2.24, 2.45) is 0 Å². The van der Waals surface area contributed by atoms with Crippen LogP contribution in [0.3, 0.4) is 0 Å². The molecule has 2 aliphatic rings. The molecule has 3 heteroatoms. The molecule has 3 rings (SSSR count). The zero-order valence-electron chi connectivity index (χ0n) is 10.6. The van der Waals surface area contributed by atoms with Crippen molar-refractivity contribution in [3.8, 4) is 5.75 Å². The van der Waals surface area contributed by atoms with Crippen LogP contribution in [0.5, 0.6) is 5.75 Å². The van der Waals surface area contributed by atoms with Gasteiger partial charge in [-0.1, -0.05) is 18.2 Å². The van der Waals surface area contributed by atoms with E-state index in [4.69, 9.17) is 11.9 Å². The zero-order chi connectivity index (χ0) is 13.3. The number of para-hydroxylation sites is 1. The third-order valence-electron chi connectivity index (χ3n) is 2.70. The summed E-state index contributed by atoms with van der Waals surface area (Å²) in [4.78, 5) is 0. The van der Waals surface area contributed by atoms with Crippen molar-refractivity contribution < 1.29 is 23.4 Å². The van der Waals surface area contributed by atoms with Gasteiger partial charge in [-0.25, -0.2) is 0 Å². The summed E-state index contributed by atoms with van der Waals surface area (Å²) in [6.45, 7) is 0. The van der Waals surface area contributed by atoms with E-state index < -0.39 is 0 Å². The van der Waals surface area contributed by atoms with Gasteiger partial charge in [0, 0.05) is 0 Å². The molecule has 0 bridgehead atoms. The smallest absolute Gasteiger partial charge is 0.146 e. The molecule has 0 heterocycles. The molecule has 2 aliphatic carbocycles. The van der Waals surface area contributed by atoms with Crippen molar-refractivity contribution >= 4 is 11.9 Å². The fraction of sp³-hybridized carbons (Fsp3) is 0.125. The molecule has 0 spiro atoms. The number of halogens is 1. The minimum absolute atomic E-state index is 0.0833. The van der Waals surface area contributed by atoms with Crippen molar-refractivity contribution in [3.05, 3.63) is 74.5 Å². The molecule has 96 valence electrons. The Kier molecular flexibility index (Phi) is 6.22. The molecule has 0 aliphatic heterocycles. The fourth-order valence-corrected chi connectivity index (χ4v) is 3.75. The van der Waals surface area contributed by atoms with Gasteiger partial charge >= 0.3 is 76.2 Å². The maximum absolute atomic E-state index is 5.03. The summed E-state index contributed by atoms with van der Waals surface area (Å²) in [7, 11) is 0. The van der Waals surface area contributed by atoms with E-state index in [1.54, 1.807) is 19.9 Å². The molecule has 0 amide bonds. The largest absolute Gasteiger partial charge is 0.386 e. The van der Waals surface area contributed by atoms with Crippen LogP contribution in [0, 0.1) is 0 Å². The third kappa shape index (κ3) is 5.24. The van der Waals surface area contributed by atoms with Crippen molar-refractivity contribution in [2.75, 3.05) is 0 Å². The first-order valence-corrected chi connectivity index (χ1v) is 8.07. The maximum Gasteiger partial charge on any atom is 0.146 e. The van der Waals surface area contributed by atoms with Gasteiger partial charge in [0.1, 0.15) is 17.6 Å². The molecule has 0 saturated heterocycles. The SMILES string of the molecule is C1=CC[C]([Ti][C]2=CC=CC2)=C1.ClOc1ccccc1. The van der Waals surface area contributed by atoms with Gasteiger partial charge in [0.2, 0.25) is 0 Å². The van der Waals surface area contributed by atoms with Crippen LogP contribution < -0.4 is 4.29 Å².